The van der Waals surface area contributed by atoms with E-state index in [4.69, 9.17) is 16.3 Å². The first-order chi connectivity index (χ1) is 6.75. The van der Waals surface area contributed by atoms with Crippen LogP contribution in [0.5, 0.6) is 0 Å². The number of Topliss-reactive ketones (excluding diaryl/α,β-unsaturated/α-hetero) is 1. The maximum atomic E-state index is 11.2. The lowest BCUT2D eigenvalue weighted by molar-refractivity contribution is -0.128. The van der Waals surface area contributed by atoms with E-state index in [0.29, 0.717) is 24.5 Å². The number of ketones is 1. The van der Waals surface area contributed by atoms with Crippen LogP contribution in [0, 0.1) is 0 Å². The van der Waals surface area contributed by atoms with Crippen LogP contribution < -0.4 is 0 Å². The van der Waals surface area contributed by atoms with Crippen LogP contribution in [0.15, 0.2) is 24.3 Å². The van der Waals surface area contributed by atoms with Gasteiger partial charge in [0.1, 0.15) is 5.78 Å². The van der Waals surface area contributed by atoms with Gasteiger partial charge >= 0.3 is 0 Å². The van der Waals surface area contributed by atoms with Gasteiger partial charge in [0, 0.05) is 17.9 Å². The molecule has 0 N–H and O–H groups in total. The molecule has 14 heavy (non-hydrogen) atoms. The van der Waals surface area contributed by atoms with Crippen LogP contribution in [0.2, 0.25) is 5.02 Å². The van der Waals surface area contributed by atoms with E-state index in [1.165, 1.54) is 0 Å². The summed E-state index contributed by atoms with van der Waals surface area (Å²) in [6.45, 7) is 0.524. The molecule has 74 valence electrons. The van der Waals surface area contributed by atoms with Gasteiger partial charge in [0.05, 0.1) is 12.7 Å². The van der Waals surface area contributed by atoms with Gasteiger partial charge in [-0.1, -0.05) is 23.7 Å². The molecule has 1 unspecified atom stereocenters. The third kappa shape index (κ3) is 2.14. The Kier molecular flexibility index (Phi) is 2.85. The fourth-order valence-corrected chi connectivity index (χ4v) is 1.80. The fraction of sp³-hybridized carbons (Fsp3) is 0.364. The normalized spacial score (nSPS) is 22.4. The number of ether oxygens (including phenoxy) is 1. The van der Waals surface area contributed by atoms with Crippen molar-refractivity contribution in [3.8, 4) is 0 Å². The molecule has 0 spiro atoms. The average molecular weight is 211 g/mol. The van der Waals surface area contributed by atoms with Crippen molar-refractivity contribution in [2.75, 3.05) is 6.61 Å². The molecule has 1 heterocycles. The van der Waals surface area contributed by atoms with Crippen molar-refractivity contribution < 1.29 is 9.53 Å². The summed E-state index contributed by atoms with van der Waals surface area (Å²) in [4.78, 5) is 11.2. The van der Waals surface area contributed by atoms with Crippen molar-refractivity contribution in [3.63, 3.8) is 0 Å². The van der Waals surface area contributed by atoms with Crippen molar-refractivity contribution in [1.29, 1.82) is 0 Å². The molecule has 0 saturated carbocycles. The molecule has 1 saturated heterocycles. The molecule has 2 nitrogen and oxygen atoms in total. The van der Waals surface area contributed by atoms with Crippen molar-refractivity contribution in [2.45, 2.75) is 18.9 Å². The maximum Gasteiger partial charge on any atom is 0.138 e. The third-order valence-corrected chi connectivity index (χ3v) is 2.57. The molecule has 0 bridgehead atoms. The Labute approximate surface area is 87.8 Å². The highest BCUT2D eigenvalue weighted by atomic mass is 35.5. The van der Waals surface area contributed by atoms with Crippen LogP contribution in [-0.4, -0.2) is 12.4 Å². The predicted octanol–water partition coefficient (Wildman–Crippen LogP) is 2.76. The third-order valence-electron chi connectivity index (χ3n) is 2.33. The molecule has 0 radical (unpaired) electrons. The quantitative estimate of drug-likeness (QED) is 0.713. The highest BCUT2D eigenvalue weighted by Gasteiger charge is 2.21. The molecular formula is C11H11ClO2. The smallest absolute Gasteiger partial charge is 0.138 e. The molecule has 0 aromatic heterocycles. The molecule has 1 aliphatic rings. The van der Waals surface area contributed by atoms with Gasteiger partial charge in [-0.3, -0.25) is 4.79 Å². The first-order valence-corrected chi connectivity index (χ1v) is 5.02. The van der Waals surface area contributed by atoms with Crippen molar-refractivity contribution in [1.82, 2.24) is 0 Å². The van der Waals surface area contributed by atoms with Crippen LogP contribution in [0.1, 0.15) is 24.5 Å². The summed E-state index contributed by atoms with van der Waals surface area (Å²) in [5.41, 5.74) is 0.991. The average Bonchev–Trinajstić information content (AvgIpc) is 2.18. The predicted molar refractivity (Wildman–Crippen MR) is 54.4 cm³/mol. The molecule has 1 aromatic rings. The fourth-order valence-electron chi connectivity index (χ4n) is 1.60. The van der Waals surface area contributed by atoms with Crippen LogP contribution in [0.4, 0.5) is 0 Å². The number of benzene rings is 1. The highest BCUT2D eigenvalue weighted by molar-refractivity contribution is 6.30. The van der Waals surface area contributed by atoms with E-state index in [1.807, 2.05) is 24.3 Å². The van der Waals surface area contributed by atoms with E-state index in [-0.39, 0.29) is 11.9 Å². The zero-order chi connectivity index (χ0) is 9.97. The van der Waals surface area contributed by atoms with Crippen LogP contribution in [0.3, 0.4) is 0 Å². The summed E-state index contributed by atoms with van der Waals surface area (Å²) < 4.78 is 5.51. The number of carbonyl (C=O) groups excluding carboxylic acids is 1. The SMILES string of the molecule is O=C1CCOC(c2cccc(Cl)c2)C1. The molecule has 1 aliphatic heterocycles. The molecule has 0 amide bonds. The minimum Gasteiger partial charge on any atom is -0.373 e. The highest BCUT2D eigenvalue weighted by Crippen LogP contribution is 2.27. The first kappa shape index (κ1) is 9.69. The monoisotopic (exact) mass is 210 g/mol. The molecule has 0 aliphatic carbocycles. The van der Waals surface area contributed by atoms with Gasteiger partial charge in [-0.25, -0.2) is 0 Å². The zero-order valence-electron chi connectivity index (χ0n) is 7.70. The van der Waals surface area contributed by atoms with Gasteiger partial charge in [0.25, 0.3) is 0 Å². The van der Waals surface area contributed by atoms with Gasteiger partial charge in [-0.2, -0.15) is 0 Å². The van der Waals surface area contributed by atoms with Gasteiger partial charge in [-0.15, -0.1) is 0 Å². The number of rotatable bonds is 1. The van der Waals surface area contributed by atoms with E-state index >= 15 is 0 Å². The van der Waals surface area contributed by atoms with Gasteiger partial charge in [0.15, 0.2) is 0 Å². The lowest BCUT2D eigenvalue weighted by Gasteiger charge is -2.22. The molecule has 1 atom stereocenters. The minimum atomic E-state index is -0.102. The number of halogens is 1. The Bertz CT molecular complexity index is 349. The van der Waals surface area contributed by atoms with Gasteiger partial charge in [-0.05, 0) is 17.7 Å². The van der Waals surface area contributed by atoms with E-state index in [2.05, 4.69) is 0 Å². The lowest BCUT2D eigenvalue weighted by atomic mass is 10.0. The second-order valence-electron chi connectivity index (χ2n) is 3.41. The second-order valence-corrected chi connectivity index (χ2v) is 3.84. The summed E-state index contributed by atoms with van der Waals surface area (Å²) >= 11 is 5.86. The maximum absolute atomic E-state index is 11.2. The van der Waals surface area contributed by atoms with Crippen molar-refractivity contribution in [3.05, 3.63) is 34.9 Å². The Morgan fingerprint density at radius 1 is 1.43 bits per heavy atom. The Morgan fingerprint density at radius 3 is 3.00 bits per heavy atom. The number of hydrogen-bond acceptors (Lipinski definition) is 2. The molecule has 1 fully saturated rings. The summed E-state index contributed by atoms with van der Waals surface area (Å²) in [5, 5.41) is 0.684. The van der Waals surface area contributed by atoms with Crippen molar-refractivity contribution in [2.24, 2.45) is 0 Å². The van der Waals surface area contributed by atoms with E-state index < -0.39 is 0 Å². The molecule has 1 aromatic carbocycles. The Balaban J connectivity index is 2.17. The van der Waals surface area contributed by atoms with Crippen molar-refractivity contribution >= 4 is 17.4 Å². The molecule has 2 rings (SSSR count). The topological polar surface area (TPSA) is 26.3 Å². The largest absolute Gasteiger partial charge is 0.373 e. The zero-order valence-corrected chi connectivity index (χ0v) is 8.46. The summed E-state index contributed by atoms with van der Waals surface area (Å²) in [5.74, 6) is 0.265. The Morgan fingerprint density at radius 2 is 2.29 bits per heavy atom. The number of hydrogen-bond donors (Lipinski definition) is 0. The van der Waals surface area contributed by atoms with E-state index in [1.54, 1.807) is 0 Å². The van der Waals surface area contributed by atoms with Gasteiger partial charge < -0.3 is 4.74 Å². The summed E-state index contributed by atoms with van der Waals surface area (Å²) in [7, 11) is 0. The van der Waals surface area contributed by atoms with Crippen LogP contribution in [0.25, 0.3) is 0 Å². The van der Waals surface area contributed by atoms with Gasteiger partial charge in [0.2, 0.25) is 0 Å². The van der Waals surface area contributed by atoms with E-state index in [0.717, 1.165) is 5.56 Å². The van der Waals surface area contributed by atoms with E-state index in [9.17, 15) is 4.79 Å². The first-order valence-electron chi connectivity index (χ1n) is 4.64. The molecular weight excluding hydrogens is 200 g/mol. The molecule has 3 heteroatoms. The number of carbonyl (C=O) groups is 1. The lowest BCUT2D eigenvalue weighted by Crippen LogP contribution is -2.19. The Hall–Kier alpha value is -0.860. The summed E-state index contributed by atoms with van der Waals surface area (Å²) in [6.07, 6.45) is 0.909. The van der Waals surface area contributed by atoms with Crippen LogP contribution in [-0.2, 0) is 9.53 Å². The summed E-state index contributed by atoms with van der Waals surface area (Å²) in [6, 6.07) is 7.48. The van der Waals surface area contributed by atoms with Crippen LogP contribution >= 0.6 is 11.6 Å². The second kappa shape index (κ2) is 4.11. The standard InChI is InChI=1S/C11H11ClO2/c12-9-3-1-2-8(6-9)11-7-10(13)4-5-14-11/h1-3,6,11H,4-5,7H2. The minimum absolute atomic E-state index is 0.102.